The third kappa shape index (κ3) is 8.05. The van der Waals surface area contributed by atoms with Gasteiger partial charge < -0.3 is 25.2 Å². The van der Waals surface area contributed by atoms with Crippen LogP contribution in [0.15, 0.2) is 23.8 Å². The average Bonchev–Trinajstić information content (AvgIpc) is 2.58. The smallest absolute Gasteiger partial charge is 0.306 e. The molecule has 0 radical (unpaired) electrons. The molecule has 2 aliphatic rings. The minimum absolute atomic E-state index is 0.0132. The van der Waals surface area contributed by atoms with Gasteiger partial charge in [0, 0.05) is 12.3 Å². The van der Waals surface area contributed by atoms with Gasteiger partial charge in [0.05, 0.1) is 31.2 Å². The van der Waals surface area contributed by atoms with Crippen LogP contribution in [0, 0.1) is 23.2 Å². The lowest BCUT2D eigenvalue weighted by Crippen LogP contribution is -2.42. The molecule has 0 saturated carbocycles. The second kappa shape index (κ2) is 10.7. The zero-order valence-electron chi connectivity index (χ0n) is 19.0. The van der Waals surface area contributed by atoms with Crippen molar-refractivity contribution in [3.05, 3.63) is 23.8 Å². The molecule has 2 aliphatic carbocycles. The molecule has 0 aromatic carbocycles. The normalized spacial score (nSPS) is 30.2. The van der Waals surface area contributed by atoms with E-state index in [-0.39, 0.29) is 35.6 Å². The molecule has 176 valence electrons. The maximum atomic E-state index is 12.5. The molecule has 31 heavy (non-hydrogen) atoms. The number of hydrogen-bond acceptors (Lipinski definition) is 6. The number of carboxylic acids is 1. The summed E-state index contributed by atoms with van der Waals surface area (Å²) >= 11 is 0. The number of allylic oxidation sites excluding steroid dienone is 2. The monoisotopic (exact) mass is 438 g/mol. The van der Waals surface area contributed by atoms with Crippen LogP contribution < -0.4 is 0 Å². The van der Waals surface area contributed by atoms with Crippen LogP contribution in [0.25, 0.3) is 0 Å². The van der Waals surface area contributed by atoms with Crippen molar-refractivity contribution in [2.75, 3.05) is 0 Å². The number of aliphatic hydroxyl groups excluding tert-OH is 3. The Balaban J connectivity index is 2.09. The largest absolute Gasteiger partial charge is 0.481 e. The van der Waals surface area contributed by atoms with Gasteiger partial charge in [0.2, 0.25) is 0 Å². The highest BCUT2D eigenvalue weighted by molar-refractivity contribution is 5.70. The topological polar surface area (TPSA) is 124 Å². The van der Waals surface area contributed by atoms with E-state index in [0.29, 0.717) is 25.7 Å². The van der Waals surface area contributed by atoms with Gasteiger partial charge in [-0.3, -0.25) is 9.59 Å². The fourth-order valence-corrected chi connectivity index (χ4v) is 4.73. The fourth-order valence-electron chi connectivity index (χ4n) is 4.73. The molecule has 7 atom stereocenters. The molecule has 4 N–H and O–H groups in total. The van der Waals surface area contributed by atoms with Gasteiger partial charge in [0.25, 0.3) is 0 Å². The molecule has 0 saturated heterocycles. The maximum absolute atomic E-state index is 12.5. The van der Waals surface area contributed by atoms with Crippen LogP contribution in [-0.4, -0.2) is 56.8 Å². The number of ether oxygens (including phenoxy) is 1. The zero-order chi connectivity index (χ0) is 23.3. The Bertz CT molecular complexity index is 691. The van der Waals surface area contributed by atoms with Crippen LogP contribution in [-0.2, 0) is 14.3 Å². The summed E-state index contributed by atoms with van der Waals surface area (Å²) < 4.78 is 5.86. The summed E-state index contributed by atoms with van der Waals surface area (Å²) in [5, 5.41) is 39.2. The van der Waals surface area contributed by atoms with Gasteiger partial charge in [-0.1, -0.05) is 45.9 Å². The number of fused-ring (bicyclic) bond motifs is 1. The fraction of sp³-hybridized carbons (Fsp3) is 0.750. The summed E-state index contributed by atoms with van der Waals surface area (Å²) in [4.78, 5) is 23.2. The molecule has 7 heteroatoms. The van der Waals surface area contributed by atoms with Gasteiger partial charge in [-0.15, -0.1) is 0 Å². The predicted octanol–water partition coefficient (Wildman–Crippen LogP) is 2.83. The Morgan fingerprint density at radius 2 is 1.90 bits per heavy atom. The van der Waals surface area contributed by atoms with E-state index in [1.165, 1.54) is 0 Å². The van der Waals surface area contributed by atoms with E-state index >= 15 is 0 Å². The molecule has 0 aromatic heterocycles. The second-order valence-corrected chi connectivity index (χ2v) is 10.4. The Morgan fingerprint density at radius 1 is 1.23 bits per heavy atom. The molecule has 0 spiro atoms. The lowest BCUT2D eigenvalue weighted by atomic mass is 9.66. The third-order valence-electron chi connectivity index (χ3n) is 6.12. The van der Waals surface area contributed by atoms with Crippen molar-refractivity contribution in [3.8, 4) is 0 Å². The third-order valence-corrected chi connectivity index (χ3v) is 6.12. The molecule has 0 bridgehead atoms. The minimum atomic E-state index is -1.10. The van der Waals surface area contributed by atoms with Gasteiger partial charge in [-0.2, -0.15) is 0 Å². The van der Waals surface area contributed by atoms with E-state index in [1.54, 1.807) is 0 Å². The van der Waals surface area contributed by atoms with E-state index in [4.69, 9.17) is 9.84 Å². The SMILES string of the molecule is C[C@H]1C=CC2=C[C@@H](O)C[C@H](OC(=O)CC(C)(C)C)[C@@H]2[C@H]1CC[C@@H](O)C[C@@H](O)CC(=O)O. The molecule has 0 heterocycles. The predicted molar refractivity (Wildman–Crippen MR) is 116 cm³/mol. The van der Waals surface area contributed by atoms with E-state index < -0.39 is 36.8 Å². The number of rotatable bonds is 9. The summed E-state index contributed by atoms with van der Waals surface area (Å²) in [6, 6.07) is 0. The summed E-state index contributed by atoms with van der Waals surface area (Å²) in [6.07, 6.45) is 4.20. The van der Waals surface area contributed by atoms with E-state index in [1.807, 2.05) is 32.9 Å². The quantitative estimate of drug-likeness (QED) is 0.408. The first-order valence-corrected chi connectivity index (χ1v) is 11.2. The Labute approximate surface area is 184 Å². The highest BCUT2D eigenvalue weighted by Crippen LogP contribution is 2.44. The van der Waals surface area contributed by atoms with Gasteiger partial charge in [-0.25, -0.2) is 0 Å². The standard InChI is InChI=1S/C24H38O7/c1-14-5-6-15-9-17(26)11-20(31-22(30)13-24(2,3)4)23(15)19(14)8-7-16(25)10-18(27)12-21(28)29/h5-6,9,14,16-20,23,25-27H,7-8,10-13H2,1-4H3,(H,28,29)/t14-,16+,17+,18+,19-,20-,23-/m0/s1. The maximum Gasteiger partial charge on any atom is 0.306 e. The number of hydrogen-bond donors (Lipinski definition) is 4. The van der Waals surface area contributed by atoms with Crippen LogP contribution in [0.5, 0.6) is 0 Å². The molecule has 0 fully saturated rings. The number of esters is 1. The first-order chi connectivity index (χ1) is 14.4. The average molecular weight is 439 g/mol. The van der Waals surface area contributed by atoms with Crippen LogP contribution in [0.4, 0.5) is 0 Å². The molecule has 7 nitrogen and oxygen atoms in total. The minimum Gasteiger partial charge on any atom is -0.481 e. The van der Waals surface area contributed by atoms with Gasteiger partial charge in [-0.05, 0) is 42.1 Å². The van der Waals surface area contributed by atoms with Crippen molar-refractivity contribution in [1.29, 1.82) is 0 Å². The van der Waals surface area contributed by atoms with Crippen LogP contribution in [0.3, 0.4) is 0 Å². The molecular formula is C24H38O7. The van der Waals surface area contributed by atoms with Gasteiger partial charge in [0.15, 0.2) is 0 Å². The van der Waals surface area contributed by atoms with Crippen LogP contribution >= 0.6 is 0 Å². The molecule has 0 aromatic rings. The van der Waals surface area contributed by atoms with Crippen molar-refractivity contribution < 1.29 is 34.8 Å². The van der Waals surface area contributed by atoms with Crippen LogP contribution in [0.1, 0.15) is 66.2 Å². The molecular weight excluding hydrogens is 400 g/mol. The van der Waals surface area contributed by atoms with Crippen LogP contribution in [0.2, 0.25) is 0 Å². The van der Waals surface area contributed by atoms with Crippen molar-refractivity contribution in [3.63, 3.8) is 0 Å². The van der Waals surface area contributed by atoms with Crippen molar-refractivity contribution >= 4 is 11.9 Å². The molecule has 0 unspecified atom stereocenters. The molecule has 2 rings (SSSR count). The summed E-state index contributed by atoms with van der Waals surface area (Å²) in [7, 11) is 0. The summed E-state index contributed by atoms with van der Waals surface area (Å²) in [5.74, 6) is -1.15. The Morgan fingerprint density at radius 3 is 2.52 bits per heavy atom. The lowest BCUT2D eigenvalue weighted by Gasteiger charge is -2.43. The highest BCUT2D eigenvalue weighted by atomic mass is 16.5. The molecule has 0 aliphatic heterocycles. The van der Waals surface area contributed by atoms with Crippen molar-refractivity contribution in [2.24, 2.45) is 23.2 Å². The van der Waals surface area contributed by atoms with Crippen molar-refractivity contribution in [2.45, 2.75) is 90.6 Å². The number of carboxylic acid groups (broad SMARTS) is 1. The number of aliphatic hydroxyl groups is 3. The van der Waals surface area contributed by atoms with Crippen molar-refractivity contribution in [1.82, 2.24) is 0 Å². The Hall–Kier alpha value is -1.70. The molecule has 0 amide bonds. The number of carbonyl (C=O) groups excluding carboxylic acids is 1. The Kier molecular flexibility index (Phi) is 8.86. The number of carbonyl (C=O) groups is 2. The second-order valence-electron chi connectivity index (χ2n) is 10.4. The lowest BCUT2D eigenvalue weighted by molar-refractivity contribution is -0.157. The number of aliphatic carboxylic acids is 1. The van der Waals surface area contributed by atoms with E-state index in [2.05, 4.69) is 13.0 Å². The van der Waals surface area contributed by atoms with E-state index in [0.717, 1.165) is 5.57 Å². The van der Waals surface area contributed by atoms with E-state index in [9.17, 15) is 24.9 Å². The van der Waals surface area contributed by atoms with Gasteiger partial charge in [0.1, 0.15) is 6.10 Å². The van der Waals surface area contributed by atoms with Gasteiger partial charge >= 0.3 is 11.9 Å². The first kappa shape index (κ1) is 25.6. The summed E-state index contributed by atoms with van der Waals surface area (Å²) in [5.41, 5.74) is 0.763. The highest BCUT2D eigenvalue weighted by Gasteiger charge is 2.42. The first-order valence-electron chi connectivity index (χ1n) is 11.2. The summed E-state index contributed by atoms with van der Waals surface area (Å²) in [6.45, 7) is 8.01. The zero-order valence-corrected chi connectivity index (χ0v) is 19.0.